The van der Waals surface area contributed by atoms with E-state index in [1.165, 1.54) is 11.6 Å². The van der Waals surface area contributed by atoms with Crippen molar-refractivity contribution in [1.82, 2.24) is 0 Å². The molecule has 2 aromatic rings. The summed E-state index contributed by atoms with van der Waals surface area (Å²) in [5.74, 6) is 2.89. The van der Waals surface area contributed by atoms with Gasteiger partial charge in [0.1, 0.15) is 6.61 Å². The Bertz CT molecular complexity index is 832. The summed E-state index contributed by atoms with van der Waals surface area (Å²) >= 11 is 3.49. The average Bonchev–Trinajstić information content (AvgIpc) is 2.64. The molecule has 0 saturated carbocycles. The summed E-state index contributed by atoms with van der Waals surface area (Å²) < 4.78 is 16.8. The molecule has 5 heteroatoms. The van der Waals surface area contributed by atoms with Crippen molar-refractivity contribution in [2.45, 2.75) is 13.5 Å². The molecule has 0 bridgehead atoms. The quantitative estimate of drug-likeness (QED) is 0.379. The first-order chi connectivity index (χ1) is 12.5. The van der Waals surface area contributed by atoms with E-state index in [1.54, 1.807) is 19.3 Å². The summed E-state index contributed by atoms with van der Waals surface area (Å²) in [6.45, 7) is 2.41. The van der Waals surface area contributed by atoms with Crippen molar-refractivity contribution >= 4 is 28.0 Å². The van der Waals surface area contributed by atoms with E-state index in [4.69, 9.17) is 20.6 Å². The van der Waals surface area contributed by atoms with Gasteiger partial charge in [-0.15, -0.1) is 6.42 Å². The summed E-state index contributed by atoms with van der Waals surface area (Å²) in [6, 6.07) is 11.7. The van der Waals surface area contributed by atoms with Gasteiger partial charge in [0.15, 0.2) is 18.1 Å². The van der Waals surface area contributed by atoms with Crippen molar-refractivity contribution in [3.05, 3.63) is 63.6 Å². The van der Waals surface area contributed by atoms with E-state index in [0.29, 0.717) is 18.1 Å². The van der Waals surface area contributed by atoms with Crippen LogP contribution in [0, 0.1) is 19.3 Å². The van der Waals surface area contributed by atoms with Crippen molar-refractivity contribution < 1.29 is 19.0 Å². The summed E-state index contributed by atoms with van der Waals surface area (Å²) in [4.78, 5) is 11.5. The number of halogens is 1. The monoisotopic (exact) mass is 414 g/mol. The van der Waals surface area contributed by atoms with E-state index in [-0.39, 0.29) is 6.61 Å². The largest absolute Gasteiger partial charge is 0.493 e. The second kappa shape index (κ2) is 9.69. The van der Waals surface area contributed by atoms with Crippen molar-refractivity contribution in [3.63, 3.8) is 0 Å². The Hall–Kier alpha value is -2.71. The molecule has 134 valence electrons. The fourth-order valence-corrected chi connectivity index (χ4v) is 2.72. The van der Waals surface area contributed by atoms with Gasteiger partial charge in [-0.1, -0.05) is 35.7 Å². The molecule has 0 N–H and O–H groups in total. The zero-order chi connectivity index (χ0) is 18.9. The first kappa shape index (κ1) is 19.6. The highest BCUT2D eigenvalue weighted by atomic mass is 79.9. The van der Waals surface area contributed by atoms with Crippen LogP contribution in [0.4, 0.5) is 0 Å². The highest BCUT2D eigenvalue weighted by Crippen LogP contribution is 2.37. The summed E-state index contributed by atoms with van der Waals surface area (Å²) in [5.41, 5.74) is 3.02. The van der Waals surface area contributed by atoms with E-state index in [0.717, 1.165) is 15.6 Å². The number of esters is 1. The fraction of sp³-hybridized carbons (Fsp3) is 0.190. The van der Waals surface area contributed by atoms with Gasteiger partial charge in [-0.05, 0) is 52.2 Å². The Balaban J connectivity index is 2.13. The van der Waals surface area contributed by atoms with Gasteiger partial charge in [-0.25, -0.2) is 4.79 Å². The minimum Gasteiger partial charge on any atom is -0.493 e. The number of benzene rings is 2. The first-order valence-corrected chi connectivity index (χ1v) is 8.67. The molecule has 2 aromatic carbocycles. The van der Waals surface area contributed by atoms with Crippen LogP contribution in [-0.2, 0) is 16.1 Å². The molecule has 4 nitrogen and oxygen atoms in total. The smallest absolute Gasteiger partial charge is 0.331 e. The van der Waals surface area contributed by atoms with Crippen LogP contribution < -0.4 is 9.47 Å². The lowest BCUT2D eigenvalue weighted by atomic mass is 10.1. The van der Waals surface area contributed by atoms with Gasteiger partial charge >= 0.3 is 5.97 Å². The lowest BCUT2D eigenvalue weighted by Crippen LogP contribution is -2.00. The second-order valence-corrected chi connectivity index (χ2v) is 6.31. The number of rotatable bonds is 7. The topological polar surface area (TPSA) is 44.8 Å². The van der Waals surface area contributed by atoms with E-state index >= 15 is 0 Å². The number of hydrogen-bond acceptors (Lipinski definition) is 4. The standard InChI is InChI=1S/C21H19BrO4/c1-4-11-25-20(23)10-9-17-12-18(22)21(19(13-17)24-3)26-14-16-7-5-15(2)6-8-16/h1,5-10,12-13H,11,14H2,2-3H3/b10-9+. The van der Waals surface area contributed by atoms with Gasteiger partial charge in [-0.2, -0.15) is 0 Å². The number of aryl methyl sites for hydroxylation is 1. The molecule has 0 heterocycles. The molecule has 2 rings (SSSR count). The lowest BCUT2D eigenvalue weighted by molar-refractivity contribution is -0.136. The van der Waals surface area contributed by atoms with Crippen LogP contribution in [0.25, 0.3) is 6.08 Å². The van der Waals surface area contributed by atoms with E-state index < -0.39 is 5.97 Å². The Labute approximate surface area is 161 Å². The third-order valence-electron chi connectivity index (χ3n) is 3.47. The molecule has 0 spiro atoms. The molecule has 0 radical (unpaired) electrons. The average molecular weight is 415 g/mol. The SMILES string of the molecule is C#CCOC(=O)/C=C/c1cc(Br)c(OCc2ccc(C)cc2)c(OC)c1. The van der Waals surface area contributed by atoms with E-state index in [9.17, 15) is 4.79 Å². The molecular formula is C21H19BrO4. The van der Waals surface area contributed by atoms with Crippen LogP contribution in [0.2, 0.25) is 0 Å². The minimum absolute atomic E-state index is 0.0536. The van der Waals surface area contributed by atoms with Crippen LogP contribution >= 0.6 is 15.9 Å². The maximum Gasteiger partial charge on any atom is 0.331 e. The van der Waals surface area contributed by atoms with Crippen LogP contribution in [0.1, 0.15) is 16.7 Å². The Morgan fingerprint density at radius 2 is 2.00 bits per heavy atom. The number of hydrogen-bond donors (Lipinski definition) is 0. The molecule has 0 aliphatic heterocycles. The maximum atomic E-state index is 11.5. The third-order valence-corrected chi connectivity index (χ3v) is 4.05. The first-order valence-electron chi connectivity index (χ1n) is 7.87. The maximum absolute atomic E-state index is 11.5. The van der Waals surface area contributed by atoms with Crippen LogP contribution in [0.5, 0.6) is 11.5 Å². The number of terminal acetylenes is 1. The molecule has 0 aliphatic rings. The van der Waals surface area contributed by atoms with Gasteiger partial charge in [-0.3, -0.25) is 0 Å². The highest BCUT2D eigenvalue weighted by Gasteiger charge is 2.11. The van der Waals surface area contributed by atoms with Crippen LogP contribution in [-0.4, -0.2) is 19.7 Å². The predicted octanol–water partition coefficient (Wildman–Crippen LogP) is 4.53. The number of carbonyl (C=O) groups excluding carboxylic acids is 1. The van der Waals surface area contributed by atoms with Crippen molar-refractivity contribution in [2.75, 3.05) is 13.7 Å². The lowest BCUT2D eigenvalue weighted by Gasteiger charge is -2.14. The van der Waals surface area contributed by atoms with E-state index in [2.05, 4.69) is 21.9 Å². The molecule has 0 fully saturated rings. The summed E-state index contributed by atoms with van der Waals surface area (Å²) in [7, 11) is 1.56. The van der Waals surface area contributed by atoms with Gasteiger partial charge in [0.2, 0.25) is 0 Å². The molecule has 0 aromatic heterocycles. The minimum atomic E-state index is -0.502. The molecule has 0 amide bonds. The van der Waals surface area contributed by atoms with Crippen molar-refractivity contribution in [2.24, 2.45) is 0 Å². The second-order valence-electron chi connectivity index (χ2n) is 5.45. The van der Waals surface area contributed by atoms with Crippen molar-refractivity contribution in [1.29, 1.82) is 0 Å². The normalized spacial score (nSPS) is 10.4. The van der Waals surface area contributed by atoms with Crippen molar-refractivity contribution in [3.8, 4) is 23.8 Å². The Morgan fingerprint density at radius 3 is 2.65 bits per heavy atom. The number of methoxy groups -OCH3 is 1. The molecule has 0 saturated heterocycles. The summed E-state index contributed by atoms with van der Waals surface area (Å²) in [5, 5.41) is 0. The Kier molecular flexibility index (Phi) is 7.31. The summed E-state index contributed by atoms with van der Waals surface area (Å²) in [6.07, 6.45) is 7.98. The zero-order valence-electron chi connectivity index (χ0n) is 14.6. The van der Waals surface area contributed by atoms with Gasteiger partial charge in [0.25, 0.3) is 0 Å². The number of carbonyl (C=O) groups is 1. The molecule has 0 unspecified atom stereocenters. The molecule has 26 heavy (non-hydrogen) atoms. The van der Waals surface area contributed by atoms with E-state index in [1.807, 2.05) is 37.3 Å². The van der Waals surface area contributed by atoms with Gasteiger partial charge < -0.3 is 14.2 Å². The fourth-order valence-electron chi connectivity index (χ4n) is 2.14. The predicted molar refractivity (Wildman–Crippen MR) is 105 cm³/mol. The molecular weight excluding hydrogens is 396 g/mol. The molecule has 0 aliphatic carbocycles. The zero-order valence-corrected chi connectivity index (χ0v) is 16.2. The highest BCUT2D eigenvalue weighted by molar-refractivity contribution is 9.10. The Morgan fingerprint density at radius 1 is 1.27 bits per heavy atom. The number of ether oxygens (including phenoxy) is 3. The van der Waals surface area contributed by atoms with Crippen LogP contribution in [0.15, 0.2) is 46.9 Å². The van der Waals surface area contributed by atoms with Gasteiger partial charge in [0, 0.05) is 6.08 Å². The van der Waals surface area contributed by atoms with Crippen LogP contribution in [0.3, 0.4) is 0 Å². The van der Waals surface area contributed by atoms with Gasteiger partial charge in [0.05, 0.1) is 11.6 Å². The third kappa shape index (κ3) is 5.68. The molecule has 0 atom stereocenters.